The zero-order valence-corrected chi connectivity index (χ0v) is 30.3. The Kier molecular flexibility index (Phi) is 14.3. The molecular weight excluding hydrogens is 632 g/mol. The van der Waals surface area contributed by atoms with Crippen LogP contribution in [0.5, 0.6) is 6.01 Å². The van der Waals surface area contributed by atoms with Crippen LogP contribution in [0.1, 0.15) is 101 Å². The number of ether oxygens (including phenoxy) is 1. The van der Waals surface area contributed by atoms with Crippen molar-refractivity contribution >= 4 is 32.6 Å². The summed E-state index contributed by atoms with van der Waals surface area (Å²) in [5, 5.41) is 10.3. The van der Waals surface area contributed by atoms with Gasteiger partial charge in [0.1, 0.15) is 5.82 Å². The van der Waals surface area contributed by atoms with Crippen LogP contribution in [0.4, 0.5) is 10.2 Å². The normalized spacial score (nSPS) is 21.4. The highest BCUT2D eigenvalue weighted by atomic mass is 35.5. The maximum absolute atomic E-state index is 13.8. The Bertz CT molecular complexity index is 1400. The number of nitrogens with zero attached hydrogens (tertiary/aromatic N) is 5. The molecule has 5 atom stereocenters. The molecule has 1 aromatic carbocycles. The minimum absolute atomic E-state index is 0.0950. The van der Waals surface area contributed by atoms with Gasteiger partial charge in [-0.15, -0.1) is 9.24 Å². The van der Waals surface area contributed by atoms with E-state index in [1.807, 2.05) is 18.2 Å². The van der Waals surface area contributed by atoms with Gasteiger partial charge in [0.15, 0.2) is 5.83 Å². The average Bonchev–Trinajstić information content (AvgIpc) is 3.06. The molecule has 256 valence electrons. The van der Waals surface area contributed by atoms with E-state index < -0.39 is 17.8 Å². The standard InChI is InChI=1S/C32H42ClFN5O2P.C5H10/c1-4-8-22(5-2)20-41-32-36-28-26(14-13-24(29(28)42)12-11-23-9-6-7-10-27(23)33)30(37-32)38-17-18-39(31(40)21(3)34)25(19-38)15-16-35;1-5-3-2-4-5/h6-7,9-10,22,24-25,29H,3-5,8,11-15,17-20,42H2,1-2H3;5H,2-4H2,1H3. The smallest absolute Gasteiger partial charge is 0.318 e. The number of carbonyl (C=O) groups is 1. The molecule has 47 heavy (non-hydrogen) atoms. The third-order valence-corrected chi connectivity index (χ3v) is 11.3. The number of fused-ring (bicyclic) bond motifs is 1. The zero-order valence-electron chi connectivity index (χ0n) is 28.4. The van der Waals surface area contributed by atoms with Crippen molar-refractivity contribution in [2.45, 2.75) is 103 Å². The SMILES string of the molecule is C=C(F)C(=O)N1CCN(c2nc(OCC(CC)CCC)nc3c2CCC(CCc2ccccc2Cl)C3P)CC1CC#N.CC1CCC1. The van der Waals surface area contributed by atoms with Crippen LogP contribution in [-0.4, -0.2) is 53.1 Å². The van der Waals surface area contributed by atoms with E-state index in [2.05, 4.69) is 53.6 Å². The van der Waals surface area contributed by atoms with Crippen molar-refractivity contribution in [1.82, 2.24) is 14.9 Å². The summed E-state index contributed by atoms with van der Waals surface area (Å²) >= 11 is 6.44. The molecule has 1 aromatic heterocycles. The molecule has 1 amide bonds. The first-order valence-corrected chi connectivity index (χ1v) is 18.5. The highest BCUT2D eigenvalue weighted by molar-refractivity contribution is 7.17. The quantitative estimate of drug-likeness (QED) is 0.165. The molecule has 0 spiro atoms. The molecule has 3 aliphatic rings. The van der Waals surface area contributed by atoms with Crippen LogP contribution in [0.2, 0.25) is 5.02 Å². The number of hydrogen-bond acceptors (Lipinski definition) is 6. The van der Waals surface area contributed by atoms with Crippen molar-refractivity contribution < 1.29 is 13.9 Å². The van der Waals surface area contributed by atoms with Crippen molar-refractivity contribution in [3.05, 3.63) is 58.5 Å². The predicted molar refractivity (Wildman–Crippen MR) is 191 cm³/mol. The van der Waals surface area contributed by atoms with E-state index in [0.29, 0.717) is 37.5 Å². The molecule has 2 aromatic rings. The summed E-state index contributed by atoms with van der Waals surface area (Å²) in [6.45, 7) is 11.5. The first kappa shape index (κ1) is 37.1. The van der Waals surface area contributed by atoms with Gasteiger partial charge in [0.2, 0.25) is 0 Å². The number of benzene rings is 1. The van der Waals surface area contributed by atoms with Crippen LogP contribution >= 0.6 is 20.8 Å². The largest absolute Gasteiger partial charge is 0.463 e. The van der Waals surface area contributed by atoms with Crippen LogP contribution in [0.15, 0.2) is 36.7 Å². The second kappa shape index (κ2) is 18.1. The Morgan fingerprint density at radius 3 is 2.60 bits per heavy atom. The Morgan fingerprint density at radius 2 is 1.98 bits per heavy atom. The number of aromatic nitrogens is 2. The lowest BCUT2D eigenvalue weighted by molar-refractivity contribution is -0.131. The van der Waals surface area contributed by atoms with Crippen LogP contribution < -0.4 is 9.64 Å². The van der Waals surface area contributed by atoms with Crippen LogP contribution in [0, 0.1) is 29.1 Å². The van der Waals surface area contributed by atoms with E-state index in [0.717, 1.165) is 78.5 Å². The Balaban J connectivity index is 0.000000912. The zero-order chi connectivity index (χ0) is 33.9. The van der Waals surface area contributed by atoms with E-state index in [9.17, 15) is 14.4 Å². The molecule has 1 aliphatic heterocycles. The molecule has 0 N–H and O–H groups in total. The maximum Gasteiger partial charge on any atom is 0.318 e. The van der Waals surface area contributed by atoms with Gasteiger partial charge in [-0.05, 0) is 61.5 Å². The Hall–Kier alpha value is -2.75. The molecule has 0 bridgehead atoms. The van der Waals surface area contributed by atoms with Gasteiger partial charge in [0, 0.05) is 35.9 Å². The van der Waals surface area contributed by atoms with Gasteiger partial charge in [-0.25, -0.2) is 4.39 Å². The second-order valence-electron chi connectivity index (χ2n) is 13.4. The molecule has 7 nitrogen and oxygen atoms in total. The predicted octanol–water partition coefficient (Wildman–Crippen LogP) is 8.67. The summed E-state index contributed by atoms with van der Waals surface area (Å²) in [6.07, 6.45) is 11.4. The van der Waals surface area contributed by atoms with E-state index in [4.69, 9.17) is 26.3 Å². The number of piperazine rings is 1. The van der Waals surface area contributed by atoms with Crippen LogP contribution in [-0.2, 0) is 17.6 Å². The van der Waals surface area contributed by atoms with Gasteiger partial charge in [-0.3, -0.25) is 4.79 Å². The first-order valence-electron chi connectivity index (χ1n) is 17.5. The number of rotatable bonds is 12. The van der Waals surface area contributed by atoms with Crippen molar-refractivity contribution in [1.29, 1.82) is 5.26 Å². The first-order chi connectivity index (χ1) is 22.7. The highest BCUT2D eigenvalue weighted by Gasteiger charge is 2.36. The van der Waals surface area contributed by atoms with Crippen molar-refractivity contribution in [3.8, 4) is 12.1 Å². The van der Waals surface area contributed by atoms with Gasteiger partial charge in [0.25, 0.3) is 5.91 Å². The van der Waals surface area contributed by atoms with E-state index in [1.54, 1.807) is 0 Å². The maximum atomic E-state index is 13.8. The van der Waals surface area contributed by atoms with Crippen molar-refractivity contribution in [3.63, 3.8) is 0 Å². The van der Waals surface area contributed by atoms with Gasteiger partial charge in [-0.2, -0.15) is 15.2 Å². The summed E-state index contributed by atoms with van der Waals surface area (Å²) in [4.78, 5) is 25.9. The second-order valence-corrected chi connectivity index (χ2v) is 14.5. The van der Waals surface area contributed by atoms with Gasteiger partial charge in [0.05, 0.1) is 30.8 Å². The fourth-order valence-electron chi connectivity index (χ4n) is 6.78. The fourth-order valence-corrected chi connectivity index (χ4v) is 7.67. The molecule has 5 rings (SSSR count). The monoisotopic (exact) mass is 683 g/mol. The molecule has 0 radical (unpaired) electrons. The Labute approximate surface area is 288 Å². The summed E-state index contributed by atoms with van der Waals surface area (Å²) in [7, 11) is 3.02. The number of nitriles is 1. The number of aryl methyl sites for hydroxylation is 1. The summed E-state index contributed by atoms with van der Waals surface area (Å²) in [5.41, 5.74) is 3.34. The molecule has 2 fully saturated rings. The molecule has 1 saturated carbocycles. The molecule has 2 aliphatic carbocycles. The topological polar surface area (TPSA) is 82.3 Å². The molecule has 1 saturated heterocycles. The number of carbonyl (C=O) groups excluding carboxylic acids is 1. The number of halogens is 2. The summed E-state index contributed by atoms with van der Waals surface area (Å²) in [6, 6.07) is 10.1. The molecule has 10 heteroatoms. The summed E-state index contributed by atoms with van der Waals surface area (Å²) < 4.78 is 20.0. The molecular formula is C37H52ClFN5O2P. The van der Waals surface area contributed by atoms with Gasteiger partial charge < -0.3 is 14.5 Å². The third-order valence-electron chi connectivity index (χ3n) is 10.0. The van der Waals surface area contributed by atoms with Crippen LogP contribution in [0.3, 0.4) is 0 Å². The lowest BCUT2D eigenvalue weighted by Gasteiger charge is -2.42. The van der Waals surface area contributed by atoms with E-state index in [1.165, 1.54) is 24.2 Å². The number of hydrogen-bond donors (Lipinski definition) is 0. The molecule has 5 unspecified atom stereocenters. The number of anilines is 1. The van der Waals surface area contributed by atoms with Crippen molar-refractivity contribution in [2.24, 2.45) is 17.8 Å². The van der Waals surface area contributed by atoms with Crippen molar-refractivity contribution in [2.75, 3.05) is 31.1 Å². The Morgan fingerprint density at radius 1 is 1.23 bits per heavy atom. The fraction of sp³-hybridized carbons (Fsp3) is 0.622. The minimum Gasteiger partial charge on any atom is -0.463 e. The summed E-state index contributed by atoms with van der Waals surface area (Å²) in [5.74, 6) is 0.926. The number of amides is 1. The third kappa shape index (κ3) is 9.89. The molecule has 2 heterocycles. The van der Waals surface area contributed by atoms with Gasteiger partial charge >= 0.3 is 6.01 Å². The lowest BCUT2D eigenvalue weighted by atomic mass is 9.82. The van der Waals surface area contributed by atoms with E-state index in [-0.39, 0.29) is 18.6 Å². The highest BCUT2D eigenvalue weighted by Crippen LogP contribution is 2.45. The average molecular weight is 684 g/mol. The van der Waals surface area contributed by atoms with Crippen LogP contribution in [0.25, 0.3) is 0 Å². The van der Waals surface area contributed by atoms with E-state index >= 15 is 0 Å². The minimum atomic E-state index is -1.01. The lowest BCUT2D eigenvalue weighted by Crippen LogP contribution is -2.55. The van der Waals surface area contributed by atoms with Gasteiger partial charge in [-0.1, -0.05) is 89.3 Å².